The van der Waals surface area contributed by atoms with Gasteiger partial charge in [0.15, 0.2) is 11.2 Å². The van der Waals surface area contributed by atoms with Crippen molar-refractivity contribution in [2.75, 3.05) is 19.6 Å². The van der Waals surface area contributed by atoms with Gasteiger partial charge in [0.2, 0.25) is 5.91 Å². The minimum absolute atomic E-state index is 0.0736. The molecular weight excluding hydrogens is 344 g/mol. The molecule has 1 aromatic heterocycles. The van der Waals surface area contributed by atoms with Crippen LogP contribution in [0.5, 0.6) is 0 Å². The van der Waals surface area contributed by atoms with Crippen molar-refractivity contribution in [2.45, 2.75) is 64.3 Å². The molecule has 4 rings (SSSR count). The van der Waals surface area contributed by atoms with Crippen LogP contribution in [-0.2, 0) is 4.79 Å². The van der Waals surface area contributed by atoms with Crippen molar-refractivity contribution in [2.24, 2.45) is 5.41 Å². The molecule has 1 saturated carbocycles. The molecule has 2 amide bonds. The molecule has 1 atom stereocenters. The lowest BCUT2D eigenvalue weighted by atomic mass is 9.77. The number of hydrogen-bond donors (Lipinski definition) is 0. The maximum Gasteiger partial charge on any atom is 0.289 e. The van der Waals surface area contributed by atoms with E-state index in [9.17, 15) is 14.4 Å². The summed E-state index contributed by atoms with van der Waals surface area (Å²) < 4.78 is 5.46. The second-order valence-electron chi connectivity index (χ2n) is 8.42. The number of nitrogens with zero attached hydrogens (tertiary/aromatic N) is 2. The predicted octanol–water partition coefficient (Wildman–Crippen LogP) is 2.74. The summed E-state index contributed by atoms with van der Waals surface area (Å²) in [6.45, 7) is 3.49. The van der Waals surface area contributed by atoms with Gasteiger partial charge in [0.25, 0.3) is 5.91 Å². The molecule has 1 aliphatic carbocycles. The van der Waals surface area contributed by atoms with E-state index in [4.69, 9.17) is 4.42 Å². The van der Waals surface area contributed by atoms with Crippen LogP contribution < -0.4 is 5.43 Å². The molecule has 3 aliphatic rings. The third-order valence-electron chi connectivity index (χ3n) is 6.53. The number of carbonyl (C=O) groups excluding carboxylic acids is 2. The molecule has 1 spiro atoms. The highest BCUT2D eigenvalue weighted by Crippen LogP contribution is 2.42. The molecule has 2 saturated heterocycles. The Kier molecular flexibility index (Phi) is 4.82. The Morgan fingerprint density at radius 2 is 1.85 bits per heavy atom. The van der Waals surface area contributed by atoms with Crippen LogP contribution in [0.1, 0.15) is 67.7 Å². The lowest BCUT2D eigenvalue weighted by Crippen LogP contribution is -2.54. The Balaban J connectivity index is 1.50. The number of likely N-dealkylation sites (tertiary alicyclic amines) is 2. The number of aryl methyl sites for hydroxylation is 1. The molecule has 3 heterocycles. The van der Waals surface area contributed by atoms with Crippen LogP contribution in [0.4, 0.5) is 0 Å². The summed E-state index contributed by atoms with van der Waals surface area (Å²) in [5.74, 6) is 0.457. The summed E-state index contributed by atoms with van der Waals surface area (Å²) in [5.41, 5.74) is -0.677. The van der Waals surface area contributed by atoms with Crippen molar-refractivity contribution >= 4 is 11.8 Å². The Hall–Kier alpha value is -2.11. The average Bonchev–Trinajstić information content (AvgIpc) is 3.08. The maximum atomic E-state index is 13.4. The molecule has 27 heavy (non-hydrogen) atoms. The summed E-state index contributed by atoms with van der Waals surface area (Å²) in [4.78, 5) is 41.7. The van der Waals surface area contributed by atoms with E-state index in [1.54, 1.807) is 11.8 Å². The van der Waals surface area contributed by atoms with Gasteiger partial charge in [-0.1, -0.05) is 19.3 Å². The molecule has 0 N–H and O–H groups in total. The van der Waals surface area contributed by atoms with Gasteiger partial charge < -0.3 is 14.2 Å². The van der Waals surface area contributed by atoms with Crippen molar-refractivity contribution in [3.05, 3.63) is 33.9 Å². The van der Waals surface area contributed by atoms with Gasteiger partial charge in [0.05, 0.1) is 5.41 Å². The second kappa shape index (κ2) is 7.13. The van der Waals surface area contributed by atoms with Crippen LogP contribution in [0.3, 0.4) is 0 Å². The van der Waals surface area contributed by atoms with Gasteiger partial charge >= 0.3 is 0 Å². The fraction of sp³-hybridized carbons (Fsp3) is 0.667. The van der Waals surface area contributed by atoms with Gasteiger partial charge in [-0.2, -0.15) is 0 Å². The molecular formula is C21H28N2O4. The third-order valence-corrected chi connectivity index (χ3v) is 6.53. The Morgan fingerprint density at radius 1 is 1.07 bits per heavy atom. The van der Waals surface area contributed by atoms with Crippen LogP contribution in [-0.4, -0.2) is 47.3 Å². The molecule has 1 aromatic rings. The quantitative estimate of drug-likeness (QED) is 0.800. The molecule has 3 fully saturated rings. The standard InChI is InChI=1S/C21H28N2O4/c1-15-12-17(24)13-18(27-15)19(25)22-11-9-21(14-22)8-5-10-23(20(21)26)16-6-3-2-4-7-16/h12-13,16H,2-11,14H2,1H3/t21-/m0/s1. The van der Waals surface area contributed by atoms with Crippen molar-refractivity contribution < 1.29 is 14.0 Å². The van der Waals surface area contributed by atoms with Gasteiger partial charge in [-0.05, 0) is 39.0 Å². The summed E-state index contributed by atoms with van der Waals surface area (Å²) in [6, 6.07) is 3.00. The molecule has 0 radical (unpaired) electrons. The first-order valence-electron chi connectivity index (χ1n) is 10.2. The largest absolute Gasteiger partial charge is 0.456 e. The SMILES string of the molecule is Cc1cc(=O)cc(C(=O)N2CC[C@@]3(CCCN(C4CCCCC4)C3=O)C2)o1. The van der Waals surface area contributed by atoms with E-state index in [1.165, 1.54) is 31.4 Å². The van der Waals surface area contributed by atoms with Crippen molar-refractivity contribution in [1.29, 1.82) is 0 Å². The van der Waals surface area contributed by atoms with E-state index in [1.807, 2.05) is 0 Å². The fourth-order valence-corrected chi connectivity index (χ4v) is 5.13. The monoisotopic (exact) mass is 372 g/mol. The van der Waals surface area contributed by atoms with Crippen molar-refractivity contribution in [1.82, 2.24) is 9.80 Å². The number of amides is 2. The van der Waals surface area contributed by atoms with Crippen LogP contribution in [0.2, 0.25) is 0 Å². The van der Waals surface area contributed by atoms with Gasteiger partial charge in [-0.3, -0.25) is 14.4 Å². The van der Waals surface area contributed by atoms with Gasteiger partial charge in [0, 0.05) is 37.8 Å². The fourth-order valence-electron chi connectivity index (χ4n) is 5.13. The molecule has 0 unspecified atom stereocenters. The van der Waals surface area contributed by atoms with Crippen molar-refractivity contribution in [3.63, 3.8) is 0 Å². The summed E-state index contributed by atoms with van der Waals surface area (Å²) in [7, 11) is 0. The molecule has 6 heteroatoms. The van der Waals surface area contributed by atoms with E-state index < -0.39 is 5.41 Å². The van der Waals surface area contributed by atoms with Gasteiger partial charge in [0.1, 0.15) is 5.76 Å². The minimum Gasteiger partial charge on any atom is -0.456 e. The lowest BCUT2D eigenvalue weighted by Gasteiger charge is -2.44. The van der Waals surface area contributed by atoms with E-state index in [0.29, 0.717) is 31.3 Å². The van der Waals surface area contributed by atoms with Crippen molar-refractivity contribution in [3.8, 4) is 0 Å². The van der Waals surface area contributed by atoms with Crippen LogP contribution in [0.25, 0.3) is 0 Å². The van der Waals surface area contributed by atoms with E-state index in [0.717, 1.165) is 32.2 Å². The highest BCUT2D eigenvalue weighted by molar-refractivity contribution is 5.93. The second-order valence-corrected chi connectivity index (χ2v) is 8.42. The average molecular weight is 372 g/mol. The minimum atomic E-state index is -0.449. The van der Waals surface area contributed by atoms with Crippen LogP contribution in [0, 0.1) is 12.3 Å². The summed E-state index contributed by atoms with van der Waals surface area (Å²) >= 11 is 0. The number of hydrogen-bond acceptors (Lipinski definition) is 4. The molecule has 0 bridgehead atoms. The number of piperidine rings is 1. The lowest BCUT2D eigenvalue weighted by molar-refractivity contribution is -0.149. The van der Waals surface area contributed by atoms with Crippen LogP contribution >= 0.6 is 0 Å². The highest BCUT2D eigenvalue weighted by Gasteiger charge is 2.50. The zero-order valence-corrected chi connectivity index (χ0v) is 16.0. The number of rotatable bonds is 2. The predicted molar refractivity (Wildman–Crippen MR) is 100 cm³/mol. The zero-order valence-electron chi connectivity index (χ0n) is 16.0. The third kappa shape index (κ3) is 3.42. The molecule has 0 aromatic carbocycles. The summed E-state index contributed by atoms with van der Waals surface area (Å²) in [6.07, 6.45) is 8.46. The first-order valence-corrected chi connectivity index (χ1v) is 10.2. The maximum absolute atomic E-state index is 13.4. The van der Waals surface area contributed by atoms with E-state index >= 15 is 0 Å². The summed E-state index contributed by atoms with van der Waals surface area (Å²) in [5, 5.41) is 0. The van der Waals surface area contributed by atoms with Gasteiger partial charge in [-0.25, -0.2) is 0 Å². The molecule has 6 nitrogen and oxygen atoms in total. The number of carbonyl (C=O) groups is 2. The molecule has 146 valence electrons. The smallest absolute Gasteiger partial charge is 0.289 e. The normalized spacial score (nSPS) is 26.8. The molecule has 2 aliphatic heterocycles. The first kappa shape index (κ1) is 18.3. The first-order chi connectivity index (χ1) is 13.0. The van der Waals surface area contributed by atoms with E-state index in [-0.39, 0.29) is 23.0 Å². The topological polar surface area (TPSA) is 70.8 Å². The zero-order chi connectivity index (χ0) is 19.0. The highest BCUT2D eigenvalue weighted by atomic mass is 16.3. The Labute approximate surface area is 159 Å². The van der Waals surface area contributed by atoms with E-state index in [2.05, 4.69) is 4.90 Å². The Morgan fingerprint density at radius 3 is 2.59 bits per heavy atom. The Bertz CT molecular complexity index is 796. The van der Waals surface area contributed by atoms with Crippen LogP contribution in [0.15, 0.2) is 21.3 Å². The van der Waals surface area contributed by atoms with Gasteiger partial charge in [-0.15, -0.1) is 0 Å².